The van der Waals surface area contributed by atoms with Crippen LogP contribution in [0.15, 0.2) is 45.8 Å². The first-order chi connectivity index (χ1) is 14.4. The average Bonchev–Trinajstić information content (AvgIpc) is 2.75. The van der Waals surface area contributed by atoms with E-state index >= 15 is 0 Å². The van der Waals surface area contributed by atoms with Crippen molar-refractivity contribution in [1.29, 1.82) is 5.26 Å². The lowest BCUT2D eigenvalue weighted by Crippen LogP contribution is -2.40. The lowest BCUT2D eigenvalue weighted by molar-refractivity contribution is 0.0724. The summed E-state index contributed by atoms with van der Waals surface area (Å²) >= 11 is 3.26. The van der Waals surface area contributed by atoms with Crippen LogP contribution in [0.25, 0.3) is 0 Å². The number of carbonyl (C=O) groups is 1. The van der Waals surface area contributed by atoms with E-state index < -0.39 is 16.0 Å². The minimum Gasteiger partial charge on any atom is -0.490 e. The largest absolute Gasteiger partial charge is 0.490 e. The highest BCUT2D eigenvalue weighted by Gasteiger charge is 2.29. The molecule has 0 N–H and O–H groups in total. The highest BCUT2D eigenvalue weighted by atomic mass is 79.9. The zero-order valence-corrected chi connectivity index (χ0v) is 18.5. The van der Waals surface area contributed by atoms with Crippen LogP contribution in [0.3, 0.4) is 0 Å². The first-order valence-electron chi connectivity index (χ1n) is 9.13. The quantitative estimate of drug-likeness (QED) is 0.448. The molecule has 3 rings (SSSR count). The minimum absolute atomic E-state index is 0.0243. The molecule has 0 atom stereocenters. The van der Waals surface area contributed by atoms with Gasteiger partial charge in [-0.15, -0.1) is 0 Å². The molecular weight excluding hydrogens is 476 g/mol. The Balaban J connectivity index is 1.89. The normalized spacial score (nSPS) is 14.7. The third kappa shape index (κ3) is 4.82. The Morgan fingerprint density at radius 1 is 1.20 bits per heavy atom. The molecule has 0 aliphatic carbocycles. The van der Waals surface area contributed by atoms with Crippen LogP contribution < -0.4 is 9.47 Å². The van der Waals surface area contributed by atoms with Crippen molar-refractivity contribution < 1.29 is 27.4 Å². The van der Waals surface area contributed by atoms with Crippen LogP contribution in [0.2, 0.25) is 0 Å². The van der Waals surface area contributed by atoms with Crippen molar-refractivity contribution in [2.75, 3.05) is 32.9 Å². The van der Waals surface area contributed by atoms with E-state index in [4.69, 9.17) is 19.5 Å². The second-order valence-corrected chi connectivity index (χ2v) is 9.02. The van der Waals surface area contributed by atoms with E-state index in [0.29, 0.717) is 29.9 Å². The molecule has 158 valence electrons. The van der Waals surface area contributed by atoms with Crippen molar-refractivity contribution in [2.45, 2.75) is 11.8 Å². The maximum atomic E-state index is 13.0. The molecule has 0 unspecified atom stereocenters. The molecule has 0 spiro atoms. The van der Waals surface area contributed by atoms with Crippen molar-refractivity contribution in [3.05, 3.63) is 52.0 Å². The van der Waals surface area contributed by atoms with Crippen molar-refractivity contribution in [1.82, 2.24) is 4.31 Å². The van der Waals surface area contributed by atoms with Crippen molar-refractivity contribution in [2.24, 2.45) is 0 Å². The number of esters is 1. The van der Waals surface area contributed by atoms with Crippen molar-refractivity contribution >= 4 is 31.9 Å². The Morgan fingerprint density at radius 2 is 1.93 bits per heavy atom. The lowest BCUT2D eigenvalue weighted by Gasteiger charge is -2.26. The Kier molecular flexibility index (Phi) is 7.10. The number of benzene rings is 2. The van der Waals surface area contributed by atoms with Crippen LogP contribution in [0.5, 0.6) is 11.5 Å². The van der Waals surface area contributed by atoms with Gasteiger partial charge in [0.05, 0.1) is 41.9 Å². The summed E-state index contributed by atoms with van der Waals surface area (Å²) in [4.78, 5) is 12.7. The van der Waals surface area contributed by atoms with E-state index in [2.05, 4.69) is 15.9 Å². The molecule has 1 heterocycles. The van der Waals surface area contributed by atoms with Gasteiger partial charge in [0.25, 0.3) is 0 Å². The molecule has 30 heavy (non-hydrogen) atoms. The van der Waals surface area contributed by atoms with Crippen LogP contribution >= 0.6 is 15.9 Å². The van der Waals surface area contributed by atoms with Gasteiger partial charge in [-0.2, -0.15) is 9.57 Å². The van der Waals surface area contributed by atoms with Gasteiger partial charge in [0, 0.05) is 23.6 Å². The highest BCUT2D eigenvalue weighted by molar-refractivity contribution is 9.10. The first-order valence-corrected chi connectivity index (χ1v) is 11.4. The van der Waals surface area contributed by atoms with Gasteiger partial charge >= 0.3 is 5.97 Å². The van der Waals surface area contributed by atoms with Gasteiger partial charge in [0.2, 0.25) is 10.0 Å². The summed E-state index contributed by atoms with van der Waals surface area (Å²) < 4.78 is 43.7. The number of nitrogens with zero attached hydrogens (tertiary/aromatic N) is 2. The maximum Gasteiger partial charge on any atom is 0.343 e. The second kappa shape index (κ2) is 9.57. The van der Waals surface area contributed by atoms with Gasteiger partial charge in [0.15, 0.2) is 11.5 Å². The summed E-state index contributed by atoms with van der Waals surface area (Å²) in [5, 5.41) is 9.03. The number of ether oxygens (including phenoxy) is 3. The summed E-state index contributed by atoms with van der Waals surface area (Å²) in [6.07, 6.45) is 0. The van der Waals surface area contributed by atoms with E-state index in [1.54, 1.807) is 6.92 Å². The molecular formula is C20H19BrN2O6S. The minimum atomic E-state index is -3.81. The van der Waals surface area contributed by atoms with E-state index in [1.807, 2.05) is 6.07 Å². The summed E-state index contributed by atoms with van der Waals surface area (Å²) in [7, 11) is -3.81. The topological polar surface area (TPSA) is 106 Å². The number of halogens is 1. The molecule has 1 aliphatic heterocycles. The van der Waals surface area contributed by atoms with Crippen molar-refractivity contribution in [3.63, 3.8) is 0 Å². The molecule has 8 nitrogen and oxygen atoms in total. The molecule has 1 saturated heterocycles. The second-order valence-electron chi connectivity index (χ2n) is 6.26. The Labute approximate surface area is 183 Å². The molecule has 2 aromatic carbocycles. The SMILES string of the molecule is CCOc1cc(C#N)ccc1OC(=O)c1ccc(Br)c(S(=O)(=O)N2CCOCC2)c1. The molecule has 1 fully saturated rings. The van der Waals surface area contributed by atoms with E-state index in [1.165, 1.54) is 40.7 Å². The molecule has 0 radical (unpaired) electrons. The summed E-state index contributed by atoms with van der Waals surface area (Å²) in [5.41, 5.74) is 0.428. The third-order valence-corrected chi connectivity index (χ3v) is 7.22. The van der Waals surface area contributed by atoms with Gasteiger partial charge in [-0.1, -0.05) is 0 Å². The van der Waals surface area contributed by atoms with Gasteiger partial charge < -0.3 is 14.2 Å². The fourth-order valence-electron chi connectivity index (χ4n) is 2.84. The van der Waals surface area contributed by atoms with E-state index in [0.717, 1.165) is 0 Å². The fraction of sp³-hybridized carbons (Fsp3) is 0.300. The first kappa shape index (κ1) is 22.2. The number of nitriles is 1. The molecule has 10 heteroatoms. The van der Waals surface area contributed by atoms with Crippen LogP contribution in [-0.4, -0.2) is 51.6 Å². The Morgan fingerprint density at radius 3 is 2.60 bits per heavy atom. The predicted molar refractivity (Wildman–Crippen MR) is 111 cm³/mol. The predicted octanol–water partition coefficient (Wildman–Crippen LogP) is 2.96. The van der Waals surface area contributed by atoms with E-state index in [9.17, 15) is 13.2 Å². The van der Waals surface area contributed by atoms with Crippen LogP contribution in [-0.2, 0) is 14.8 Å². The standard InChI is InChI=1S/C20H19BrN2O6S/c1-2-28-18-11-14(13-22)3-6-17(18)29-20(24)15-4-5-16(21)19(12-15)30(25,26)23-7-9-27-10-8-23/h3-6,11-12H,2,7-10H2,1H3. The van der Waals surface area contributed by atoms with Crippen LogP contribution in [0.1, 0.15) is 22.8 Å². The molecule has 2 aromatic rings. The van der Waals surface area contributed by atoms with Crippen molar-refractivity contribution in [3.8, 4) is 17.6 Å². The highest BCUT2D eigenvalue weighted by Crippen LogP contribution is 2.31. The number of sulfonamides is 1. The van der Waals surface area contributed by atoms with Gasteiger partial charge in [-0.25, -0.2) is 13.2 Å². The van der Waals surface area contributed by atoms with Gasteiger partial charge in [-0.3, -0.25) is 0 Å². The smallest absolute Gasteiger partial charge is 0.343 e. The van der Waals surface area contributed by atoms with Gasteiger partial charge in [-0.05, 0) is 53.2 Å². The summed E-state index contributed by atoms with van der Waals surface area (Å²) in [6, 6.07) is 10.7. The molecule has 0 saturated carbocycles. The molecule has 1 aliphatic rings. The zero-order chi connectivity index (χ0) is 21.7. The third-order valence-electron chi connectivity index (χ3n) is 4.33. The number of rotatable bonds is 6. The average molecular weight is 495 g/mol. The monoisotopic (exact) mass is 494 g/mol. The zero-order valence-electron chi connectivity index (χ0n) is 16.1. The molecule has 0 bridgehead atoms. The Hall–Kier alpha value is -2.45. The van der Waals surface area contributed by atoms with Crippen LogP contribution in [0.4, 0.5) is 0 Å². The van der Waals surface area contributed by atoms with Gasteiger partial charge in [0.1, 0.15) is 0 Å². The fourth-order valence-corrected chi connectivity index (χ4v) is 5.20. The number of hydrogen-bond donors (Lipinski definition) is 0. The molecule has 0 aromatic heterocycles. The molecule has 0 amide bonds. The number of morpholine rings is 1. The van der Waals surface area contributed by atoms with Crippen LogP contribution in [0, 0.1) is 11.3 Å². The van der Waals surface area contributed by atoms with E-state index in [-0.39, 0.29) is 35.0 Å². The summed E-state index contributed by atoms with van der Waals surface area (Å²) in [5.74, 6) is -0.351. The Bertz CT molecular complexity index is 1090. The number of hydrogen-bond acceptors (Lipinski definition) is 7. The summed E-state index contributed by atoms with van der Waals surface area (Å²) in [6.45, 7) is 3.20. The number of carbonyl (C=O) groups excluding carboxylic acids is 1. The lowest BCUT2D eigenvalue weighted by atomic mass is 10.2. The maximum absolute atomic E-state index is 13.0.